The molecular formula is C10H18O2. The van der Waals surface area contributed by atoms with E-state index in [4.69, 9.17) is 6.85 Å². The van der Waals surface area contributed by atoms with E-state index in [1.165, 1.54) is 19.9 Å². The first-order valence-electron chi connectivity index (χ1n) is 6.45. The molecule has 2 atom stereocenters. The molecule has 0 heterocycles. The summed E-state index contributed by atoms with van der Waals surface area (Å²) >= 11 is 0. The molecule has 0 radical (unpaired) electrons. The second kappa shape index (κ2) is 2.86. The zero-order chi connectivity index (χ0) is 13.7. The third-order valence-corrected chi connectivity index (χ3v) is 2.07. The molecule has 0 saturated heterocycles. The Morgan fingerprint density at radius 3 is 2.83 bits per heavy atom. The van der Waals surface area contributed by atoms with Crippen LogP contribution in [0.2, 0.25) is 0 Å². The lowest BCUT2D eigenvalue weighted by Gasteiger charge is -2.33. The van der Waals surface area contributed by atoms with Crippen molar-refractivity contribution >= 4 is 0 Å². The first-order valence-corrected chi connectivity index (χ1v) is 3.95. The molecule has 0 saturated carbocycles. The number of hydrogen-bond donors (Lipinski definition) is 2. The largest absolute Gasteiger partial charge is 0.390 e. The van der Waals surface area contributed by atoms with Crippen LogP contribution < -0.4 is 0 Å². The third-order valence-electron chi connectivity index (χ3n) is 2.07. The molecule has 0 unspecified atom stereocenters. The van der Waals surface area contributed by atoms with Crippen LogP contribution in [0.15, 0.2) is 12.2 Å². The molecule has 0 bridgehead atoms. The van der Waals surface area contributed by atoms with Crippen LogP contribution in [0.5, 0.6) is 0 Å². The predicted octanol–water partition coefficient (Wildman–Crippen LogP) is 1.47. The Bertz CT molecular complexity index is 329. The Kier molecular flexibility index (Phi) is 1.14. The van der Waals surface area contributed by atoms with Crippen molar-refractivity contribution in [1.82, 2.24) is 0 Å². The molecule has 2 N–H and O–H groups in total. The molecule has 0 aliphatic heterocycles. The van der Waals surface area contributed by atoms with Crippen LogP contribution in [0, 0.1) is 5.92 Å². The summed E-state index contributed by atoms with van der Waals surface area (Å²) in [5.41, 5.74) is -3.65. The van der Waals surface area contributed by atoms with Gasteiger partial charge in [0, 0.05) is 12.8 Å². The van der Waals surface area contributed by atoms with Crippen molar-refractivity contribution in [3.8, 4) is 0 Å². The van der Waals surface area contributed by atoms with Gasteiger partial charge in [-0.05, 0) is 33.5 Å². The first kappa shape index (κ1) is 4.77. The summed E-state index contributed by atoms with van der Waals surface area (Å²) in [6.45, 7) is 0.215. The van der Waals surface area contributed by atoms with E-state index in [2.05, 4.69) is 0 Å². The van der Waals surface area contributed by atoms with Gasteiger partial charge in [-0.25, -0.2) is 0 Å². The highest BCUT2D eigenvalue weighted by molar-refractivity contribution is 5.08. The highest BCUT2D eigenvalue weighted by Gasteiger charge is 2.31. The minimum absolute atomic E-state index is 0.234. The predicted molar refractivity (Wildman–Crippen MR) is 48.8 cm³/mol. The Morgan fingerprint density at radius 1 is 1.75 bits per heavy atom. The molecule has 1 aliphatic carbocycles. The fourth-order valence-corrected chi connectivity index (χ4v) is 1.13. The molecule has 12 heavy (non-hydrogen) atoms. The smallest absolute Gasteiger partial charge is 0.0800 e. The molecule has 2 heteroatoms. The second-order valence-corrected chi connectivity index (χ2v) is 3.77. The van der Waals surface area contributed by atoms with Crippen LogP contribution in [-0.4, -0.2) is 21.4 Å². The molecule has 0 fully saturated rings. The molecular weight excluding hydrogens is 152 g/mol. The van der Waals surface area contributed by atoms with E-state index < -0.39 is 30.3 Å². The van der Waals surface area contributed by atoms with E-state index in [0.717, 1.165) is 6.08 Å². The fraction of sp³-hybridized carbons (Fsp3) is 0.800. The van der Waals surface area contributed by atoms with Gasteiger partial charge in [0.2, 0.25) is 0 Å². The van der Waals surface area contributed by atoms with E-state index in [-0.39, 0.29) is 6.42 Å². The lowest BCUT2D eigenvalue weighted by Crippen LogP contribution is -2.35. The highest BCUT2D eigenvalue weighted by atomic mass is 16.3. The van der Waals surface area contributed by atoms with Gasteiger partial charge in [-0.15, -0.1) is 0 Å². The summed E-state index contributed by atoms with van der Waals surface area (Å²) in [6, 6.07) is 0. The van der Waals surface area contributed by atoms with Crippen molar-refractivity contribution in [3.63, 3.8) is 0 Å². The van der Waals surface area contributed by atoms with Crippen LogP contribution in [0.3, 0.4) is 0 Å². The number of rotatable bonds is 1. The minimum Gasteiger partial charge on any atom is -0.390 e. The maximum absolute atomic E-state index is 10.0. The summed E-state index contributed by atoms with van der Waals surface area (Å²) in [4.78, 5) is 0. The van der Waals surface area contributed by atoms with Gasteiger partial charge >= 0.3 is 0 Å². The quantitative estimate of drug-likeness (QED) is 0.593. The molecule has 0 aromatic carbocycles. The van der Waals surface area contributed by atoms with Crippen molar-refractivity contribution in [3.05, 3.63) is 12.2 Å². The van der Waals surface area contributed by atoms with Crippen molar-refractivity contribution in [2.75, 3.05) is 0 Å². The summed E-state index contributed by atoms with van der Waals surface area (Å²) in [6.07, 6.45) is -0.195. The van der Waals surface area contributed by atoms with Gasteiger partial charge in [-0.3, -0.25) is 0 Å². The molecule has 70 valence electrons. The summed E-state index contributed by atoms with van der Waals surface area (Å²) in [5, 5.41) is 19.8. The van der Waals surface area contributed by atoms with Crippen LogP contribution >= 0.6 is 0 Å². The summed E-state index contributed by atoms with van der Waals surface area (Å²) in [5.74, 6) is -0.528. The van der Waals surface area contributed by atoms with Gasteiger partial charge in [0.1, 0.15) is 0 Å². The third kappa shape index (κ3) is 2.32. The first-order chi connectivity index (χ1) is 7.31. The van der Waals surface area contributed by atoms with Crippen LogP contribution in [0.4, 0.5) is 0 Å². The number of hydrogen-bond acceptors (Lipinski definition) is 2. The standard InChI is InChI=1S/C10H18O2/c1-9(2,11)8-4-6-10(3,12)7-5-8/h4,6,8,11-12H,5,7H2,1-3H3/t8-,10-/m0/s1/i3D3,7D2. The fourth-order valence-electron chi connectivity index (χ4n) is 1.13. The lowest BCUT2D eigenvalue weighted by atomic mass is 9.79. The van der Waals surface area contributed by atoms with Crippen molar-refractivity contribution < 1.29 is 17.1 Å². The SMILES string of the molecule is [2H]C([2H])([2H])[C@]1(O)C=C[C@H](C(C)(C)O)CC1([2H])[2H]. The average molecular weight is 175 g/mol. The number of aliphatic hydroxyl groups is 2. The Morgan fingerprint density at radius 2 is 2.42 bits per heavy atom. The highest BCUT2D eigenvalue weighted by Crippen LogP contribution is 2.31. The summed E-state index contributed by atoms with van der Waals surface area (Å²) in [7, 11) is 0. The summed E-state index contributed by atoms with van der Waals surface area (Å²) < 4.78 is 37.2. The molecule has 1 aliphatic rings. The van der Waals surface area contributed by atoms with Crippen LogP contribution in [0.1, 0.15) is 40.3 Å². The van der Waals surface area contributed by atoms with Crippen molar-refractivity contribution in [2.24, 2.45) is 5.92 Å². The van der Waals surface area contributed by atoms with E-state index in [1.807, 2.05) is 0 Å². The zero-order valence-corrected chi connectivity index (χ0v) is 7.33. The Hall–Kier alpha value is -0.340. The van der Waals surface area contributed by atoms with Crippen molar-refractivity contribution in [1.29, 1.82) is 0 Å². The zero-order valence-electron chi connectivity index (χ0n) is 12.3. The molecule has 0 amide bonds. The maximum Gasteiger partial charge on any atom is 0.0800 e. The molecule has 0 spiro atoms. The molecule has 0 aromatic heterocycles. The van der Waals surface area contributed by atoms with Gasteiger partial charge in [0.15, 0.2) is 0 Å². The van der Waals surface area contributed by atoms with E-state index in [1.54, 1.807) is 0 Å². The van der Waals surface area contributed by atoms with E-state index in [9.17, 15) is 10.2 Å². The second-order valence-electron chi connectivity index (χ2n) is 3.77. The maximum atomic E-state index is 10.0. The van der Waals surface area contributed by atoms with Gasteiger partial charge < -0.3 is 10.2 Å². The average Bonchev–Trinajstić information content (AvgIpc) is 2.05. The molecule has 0 aromatic rings. The van der Waals surface area contributed by atoms with Gasteiger partial charge in [0.25, 0.3) is 0 Å². The van der Waals surface area contributed by atoms with Crippen molar-refractivity contribution in [2.45, 2.75) is 44.7 Å². The Labute approximate surface area is 80.9 Å². The van der Waals surface area contributed by atoms with Gasteiger partial charge in [-0.1, -0.05) is 12.2 Å². The van der Waals surface area contributed by atoms with Crippen LogP contribution in [0.25, 0.3) is 0 Å². The topological polar surface area (TPSA) is 40.5 Å². The Balaban J connectivity index is 3.17. The molecule has 2 nitrogen and oxygen atoms in total. The van der Waals surface area contributed by atoms with Gasteiger partial charge in [0.05, 0.1) is 11.2 Å². The van der Waals surface area contributed by atoms with Crippen LogP contribution in [-0.2, 0) is 0 Å². The minimum atomic E-state index is -2.84. The molecule has 1 rings (SSSR count). The van der Waals surface area contributed by atoms with E-state index in [0.29, 0.717) is 0 Å². The van der Waals surface area contributed by atoms with Gasteiger partial charge in [-0.2, -0.15) is 0 Å². The lowest BCUT2D eigenvalue weighted by molar-refractivity contribution is 0.0114. The normalized spacial score (nSPS) is 48.3. The monoisotopic (exact) mass is 175 g/mol. The van der Waals surface area contributed by atoms with E-state index >= 15 is 0 Å².